The fourth-order valence-corrected chi connectivity index (χ4v) is 1.41. The predicted octanol–water partition coefficient (Wildman–Crippen LogP) is -3.16. The van der Waals surface area contributed by atoms with Crippen molar-refractivity contribution in [3.63, 3.8) is 0 Å². The summed E-state index contributed by atoms with van der Waals surface area (Å²) in [4.78, 5) is 44.8. The van der Waals surface area contributed by atoms with Gasteiger partial charge in [0.1, 0.15) is 0 Å². The fraction of sp³-hybridized carbons (Fsp3) is 0.636. The molecular weight excluding hydrogens is 288 g/mol. The van der Waals surface area contributed by atoms with E-state index >= 15 is 0 Å². The lowest BCUT2D eigenvalue weighted by Gasteiger charge is -2.22. The average Bonchev–Trinajstić information content (AvgIpc) is 2.44. The number of hydrogen-bond donors (Lipinski definition) is 6. The number of carboxylic acids is 2. The SMILES string of the molecule is NC(CO)(C(=O)O)C(=O)CCCC(=O)C(N)(CO)C(=O)O. The Balaban J connectivity index is 4.64. The molecule has 2 atom stereocenters. The van der Waals surface area contributed by atoms with Crippen molar-refractivity contribution in [3.8, 4) is 0 Å². The van der Waals surface area contributed by atoms with E-state index < -0.39 is 60.6 Å². The molecule has 10 nitrogen and oxygen atoms in total. The van der Waals surface area contributed by atoms with Crippen LogP contribution in [0.15, 0.2) is 0 Å². The first-order valence-corrected chi connectivity index (χ1v) is 5.89. The first-order chi connectivity index (χ1) is 9.56. The van der Waals surface area contributed by atoms with Gasteiger partial charge >= 0.3 is 11.9 Å². The van der Waals surface area contributed by atoms with Crippen LogP contribution in [0.2, 0.25) is 0 Å². The number of rotatable bonds is 10. The third kappa shape index (κ3) is 4.04. The molecule has 0 aromatic rings. The van der Waals surface area contributed by atoms with E-state index in [1.54, 1.807) is 0 Å². The Labute approximate surface area is 119 Å². The molecule has 21 heavy (non-hydrogen) atoms. The number of ketones is 2. The maximum absolute atomic E-state index is 11.6. The van der Waals surface area contributed by atoms with Crippen molar-refractivity contribution in [1.29, 1.82) is 0 Å². The van der Waals surface area contributed by atoms with Gasteiger partial charge in [0, 0.05) is 12.8 Å². The molecule has 0 aliphatic rings. The standard InChI is InChI=1S/C11H18N2O8/c12-10(4-14,8(18)19)6(16)2-1-3-7(17)11(13,5-15)9(20)21/h14-15H,1-5,12-13H2,(H,18,19)(H,20,21). The second-order valence-electron chi connectivity index (χ2n) is 4.57. The molecule has 0 radical (unpaired) electrons. The van der Waals surface area contributed by atoms with Crippen LogP contribution in [-0.2, 0) is 19.2 Å². The molecule has 0 aliphatic heterocycles. The van der Waals surface area contributed by atoms with E-state index in [0.717, 1.165) is 0 Å². The predicted molar refractivity (Wildman–Crippen MR) is 67.1 cm³/mol. The van der Waals surface area contributed by atoms with Crippen LogP contribution in [-0.4, -0.2) is 68.2 Å². The molecule has 0 amide bonds. The van der Waals surface area contributed by atoms with Crippen molar-refractivity contribution in [1.82, 2.24) is 0 Å². The lowest BCUT2D eigenvalue weighted by Crippen LogP contribution is -2.58. The van der Waals surface area contributed by atoms with Crippen molar-refractivity contribution in [2.45, 2.75) is 30.3 Å². The summed E-state index contributed by atoms with van der Waals surface area (Å²) in [5.41, 5.74) is 5.50. The van der Waals surface area contributed by atoms with Crippen molar-refractivity contribution < 1.29 is 39.6 Å². The highest BCUT2D eigenvalue weighted by Crippen LogP contribution is 2.12. The summed E-state index contributed by atoms with van der Waals surface area (Å²) in [5.74, 6) is -5.44. The third-order valence-electron chi connectivity index (χ3n) is 3.06. The summed E-state index contributed by atoms with van der Waals surface area (Å²) in [5, 5.41) is 35.2. The maximum Gasteiger partial charge on any atom is 0.333 e. The molecule has 120 valence electrons. The van der Waals surface area contributed by atoms with Gasteiger partial charge in [-0.1, -0.05) is 0 Å². The van der Waals surface area contributed by atoms with Gasteiger partial charge in [0.15, 0.2) is 22.6 Å². The van der Waals surface area contributed by atoms with Gasteiger partial charge in [-0.05, 0) is 6.42 Å². The largest absolute Gasteiger partial charge is 0.479 e. The number of carbonyl (C=O) groups excluding carboxylic acids is 2. The van der Waals surface area contributed by atoms with E-state index in [-0.39, 0.29) is 6.42 Å². The van der Waals surface area contributed by atoms with Gasteiger partial charge in [0.05, 0.1) is 13.2 Å². The highest BCUT2D eigenvalue weighted by molar-refractivity contribution is 6.09. The Morgan fingerprint density at radius 1 is 0.762 bits per heavy atom. The lowest BCUT2D eigenvalue weighted by molar-refractivity contribution is -0.151. The van der Waals surface area contributed by atoms with Crippen LogP contribution in [0.4, 0.5) is 0 Å². The van der Waals surface area contributed by atoms with Crippen molar-refractivity contribution in [3.05, 3.63) is 0 Å². The number of aliphatic hydroxyl groups excluding tert-OH is 2. The Bertz CT molecular complexity index is 412. The van der Waals surface area contributed by atoms with Gasteiger partial charge in [0.25, 0.3) is 0 Å². The minimum Gasteiger partial charge on any atom is -0.479 e. The molecule has 0 aliphatic carbocycles. The van der Waals surface area contributed by atoms with Gasteiger partial charge in [-0.15, -0.1) is 0 Å². The van der Waals surface area contributed by atoms with E-state index in [2.05, 4.69) is 0 Å². The van der Waals surface area contributed by atoms with Crippen LogP contribution >= 0.6 is 0 Å². The quantitative estimate of drug-likeness (QED) is 0.224. The molecule has 0 aromatic carbocycles. The molecule has 0 rings (SSSR count). The number of hydrogen-bond acceptors (Lipinski definition) is 8. The van der Waals surface area contributed by atoms with Gasteiger partial charge < -0.3 is 31.9 Å². The number of aliphatic carboxylic acids is 2. The van der Waals surface area contributed by atoms with E-state index in [9.17, 15) is 19.2 Å². The van der Waals surface area contributed by atoms with E-state index in [1.165, 1.54) is 0 Å². The summed E-state index contributed by atoms with van der Waals surface area (Å²) >= 11 is 0. The Morgan fingerprint density at radius 3 is 1.24 bits per heavy atom. The Hall–Kier alpha value is -1.88. The van der Waals surface area contributed by atoms with E-state index in [4.69, 9.17) is 31.9 Å². The maximum atomic E-state index is 11.6. The molecule has 0 saturated heterocycles. The number of carboxylic acid groups (broad SMARTS) is 2. The zero-order chi connectivity index (χ0) is 16.8. The average molecular weight is 306 g/mol. The third-order valence-corrected chi connectivity index (χ3v) is 3.06. The molecule has 8 N–H and O–H groups in total. The van der Waals surface area contributed by atoms with Gasteiger partial charge in [0.2, 0.25) is 0 Å². The number of nitrogens with two attached hydrogens (primary N) is 2. The first kappa shape index (κ1) is 19.1. The number of carbonyl (C=O) groups is 4. The van der Waals surface area contributed by atoms with E-state index in [1.807, 2.05) is 0 Å². The van der Waals surface area contributed by atoms with E-state index in [0.29, 0.717) is 0 Å². The van der Waals surface area contributed by atoms with Gasteiger partial charge in [-0.3, -0.25) is 9.59 Å². The van der Waals surface area contributed by atoms with Gasteiger partial charge in [-0.2, -0.15) is 0 Å². The van der Waals surface area contributed by atoms with Crippen LogP contribution in [0.3, 0.4) is 0 Å². The zero-order valence-electron chi connectivity index (χ0n) is 11.1. The second-order valence-corrected chi connectivity index (χ2v) is 4.57. The first-order valence-electron chi connectivity index (χ1n) is 5.89. The molecule has 0 saturated carbocycles. The summed E-state index contributed by atoms with van der Waals surface area (Å²) < 4.78 is 0. The topological polar surface area (TPSA) is 201 Å². The van der Waals surface area contributed by atoms with Crippen LogP contribution in [0.25, 0.3) is 0 Å². The van der Waals surface area contributed by atoms with Crippen molar-refractivity contribution >= 4 is 23.5 Å². The number of aliphatic hydroxyl groups is 2. The van der Waals surface area contributed by atoms with Crippen molar-refractivity contribution in [2.24, 2.45) is 11.5 Å². The zero-order valence-corrected chi connectivity index (χ0v) is 11.1. The van der Waals surface area contributed by atoms with Gasteiger partial charge in [-0.25, -0.2) is 9.59 Å². The highest BCUT2D eigenvalue weighted by atomic mass is 16.4. The minimum atomic E-state index is -2.47. The Morgan fingerprint density at radius 2 is 1.05 bits per heavy atom. The summed E-state index contributed by atoms with van der Waals surface area (Å²) in [6.07, 6.45) is -1.14. The fourth-order valence-electron chi connectivity index (χ4n) is 1.41. The lowest BCUT2D eigenvalue weighted by atomic mass is 9.89. The second kappa shape index (κ2) is 7.22. The van der Waals surface area contributed by atoms with Crippen molar-refractivity contribution in [2.75, 3.05) is 13.2 Å². The smallest absolute Gasteiger partial charge is 0.333 e. The molecule has 2 unspecified atom stereocenters. The molecule has 0 heterocycles. The molecule has 0 aromatic heterocycles. The Kier molecular flexibility index (Phi) is 6.57. The molecule has 10 heteroatoms. The normalized spacial score (nSPS) is 16.6. The van der Waals surface area contributed by atoms with Crippen LogP contribution < -0.4 is 11.5 Å². The summed E-state index contributed by atoms with van der Waals surface area (Å²) in [6.45, 7) is -2.22. The highest BCUT2D eigenvalue weighted by Gasteiger charge is 2.43. The molecule has 0 spiro atoms. The molecule has 0 bridgehead atoms. The van der Waals surface area contributed by atoms with Crippen LogP contribution in [0, 0.1) is 0 Å². The molecule has 0 fully saturated rings. The monoisotopic (exact) mass is 306 g/mol. The minimum absolute atomic E-state index is 0.212. The summed E-state index contributed by atoms with van der Waals surface area (Å²) in [7, 11) is 0. The summed E-state index contributed by atoms with van der Waals surface area (Å²) in [6, 6.07) is 0. The van der Waals surface area contributed by atoms with Crippen LogP contribution in [0.5, 0.6) is 0 Å². The van der Waals surface area contributed by atoms with Crippen LogP contribution in [0.1, 0.15) is 19.3 Å². The number of Topliss-reactive ketones (excluding diaryl/α,β-unsaturated/α-hetero) is 2. The molecular formula is C11H18N2O8.